The fourth-order valence-electron chi connectivity index (χ4n) is 2.89. The molecule has 0 saturated carbocycles. The van der Waals surface area contributed by atoms with Gasteiger partial charge in [-0.3, -0.25) is 0 Å². The quantitative estimate of drug-likeness (QED) is 0.273. The molecule has 0 fully saturated rings. The van der Waals surface area contributed by atoms with Gasteiger partial charge in [0.05, 0.1) is 11.6 Å². The second-order valence-corrected chi connectivity index (χ2v) is 5.00. The van der Waals surface area contributed by atoms with Gasteiger partial charge in [-0.1, -0.05) is 48.5 Å². The van der Waals surface area contributed by atoms with Crippen LogP contribution in [0.5, 0.6) is 0 Å². The third-order valence-corrected chi connectivity index (χ3v) is 3.85. The minimum atomic E-state index is 0. The normalized spacial score (nSPS) is 10.4. The topological polar surface area (TPSA) is 23.8 Å². The van der Waals surface area contributed by atoms with Crippen LogP contribution in [0.3, 0.4) is 0 Å². The first-order valence-electron chi connectivity index (χ1n) is 6.61. The van der Waals surface area contributed by atoms with Crippen molar-refractivity contribution in [3.63, 3.8) is 0 Å². The molecule has 0 aromatic heterocycles. The van der Waals surface area contributed by atoms with E-state index < -0.39 is 0 Å². The second kappa shape index (κ2) is 5.24. The van der Waals surface area contributed by atoms with E-state index in [-0.39, 0.29) is 18.0 Å². The summed E-state index contributed by atoms with van der Waals surface area (Å²) in [5, 5.41) is 16.3. The van der Waals surface area contributed by atoms with Gasteiger partial charge in [0, 0.05) is 5.39 Å². The summed E-state index contributed by atoms with van der Waals surface area (Å²) in [5.74, 6) is 0. The summed E-state index contributed by atoms with van der Waals surface area (Å²) < 4.78 is 0. The number of fused-ring (bicyclic) bond motifs is 4. The van der Waals surface area contributed by atoms with Crippen LogP contribution in [0.4, 0.5) is 0 Å². The summed E-state index contributed by atoms with van der Waals surface area (Å²) in [4.78, 5) is 0. The van der Waals surface area contributed by atoms with Crippen molar-refractivity contribution in [2.24, 2.45) is 0 Å². The van der Waals surface area contributed by atoms with E-state index in [9.17, 15) is 5.26 Å². The van der Waals surface area contributed by atoms with E-state index in [0.29, 0.717) is 0 Å². The molecular weight excluding hydrogens is 317 g/mol. The van der Waals surface area contributed by atoms with Gasteiger partial charge in [0.25, 0.3) is 0 Å². The Bertz CT molecular complexity index is 1010. The number of nitriles is 1. The fourth-order valence-corrected chi connectivity index (χ4v) is 2.89. The number of rotatable bonds is 0. The molecule has 0 N–H and O–H groups in total. The zero-order valence-corrected chi connectivity index (χ0v) is 14.5. The van der Waals surface area contributed by atoms with E-state index in [2.05, 4.69) is 54.6 Å². The van der Waals surface area contributed by atoms with E-state index >= 15 is 0 Å². The molecule has 0 bridgehead atoms. The van der Waals surface area contributed by atoms with Crippen molar-refractivity contribution in [1.82, 2.24) is 0 Å². The van der Waals surface area contributed by atoms with E-state index in [1.165, 1.54) is 16.2 Å². The van der Waals surface area contributed by atoms with Crippen LogP contribution in [0.15, 0.2) is 66.7 Å². The van der Waals surface area contributed by atoms with Gasteiger partial charge in [-0.25, -0.2) is 0 Å². The van der Waals surface area contributed by atoms with Crippen LogP contribution < -0.4 is 0 Å². The number of hydrogen-bond donors (Lipinski definition) is 0. The summed E-state index contributed by atoms with van der Waals surface area (Å²) in [6, 6.07) is 25.1. The van der Waals surface area contributed by atoms with Crippen molar-refractivity contribution >= 4 is 50.3 Å². The standard InChI is InChI=1S/C19H11N.AsH3/c20-12-17-7-3-6-13-8-9-16-10-14-4-1-2-5-15(14)11-18(16)19(13)17;/h1-11H;1H3. The molecule has 0 spiro atoms. The first-order chi connectivity index (χ1) is 9.86. The molecule has 1 nitrogen and oxygen atoms in total. The average Bonchev–Trinajstić information content (AvgIpc) is 2.52. The predicted octanol–water partition coefficient (Wildman–Crippen LogP) is 3.83. The van der Waals surface area contributed by atoms with Crippen LogP contribution in [0.2, 0.25) is 0 Å². The third kappa shape index (κ3) is 2.09. The molecule has 0 amide bonds. The molecule has 4 rings (SSSR count). The van der Waals surface area contributed by atoms with Crippen LogP contribution in [0.25, 0.3) is 32.3 Å². The summed E-state index contributed by atoms with van der Waals surface area (Å²) in [6.07, 6.45) is 0. The Labute approximate surface area is 134 Å². The fraction of sp³-hybridized carbons (Fsp3) is 0. The SMILES string of the molecule is N#Cc1cccc2ccc3cc4ccccc4cc3c12.[AsH3]. The van der Waals surface area contributed by atoms with Crippen molar-refractivity contribution in [2.75, 3.05) is 0 Å². The van der Waals surface area contributed by atoms with Gasteiger partial charge in [-0.2, -0.15) is 5.26 Å². The maximum atomic E-state index is 9.36. The molecule has 4 aromatic rings. The van der Waals surface area contributed by atoms with E-state index in [1.807, 2.05) is 18.2 Å². The van der Waals surface area contributed by atoms with Crippen molar-refractivity contribution in [3.05, 3.63) is 72.3 Å². The predicted molar refractivity (Wildman–Crippen MR) is 93.6 cm³/mol. The van der Waals surface area contributed by atoms with E-state index in [0.717, 1.165) is 21.7 Å². The molecule has 21 heavy (non-hydrogen) atoms. The number of nitrogens with zero attached hydrogens (tertiary/aromatic N) is 1. The van der Waals surface area contributed by atoms with Crippen molar-refractivity contribution in [1.29, 1.82) is 5.26 Å². The first-order valence-corrected chi connectivity index (χ1v) is 6.61. The van der Waals surface area contributed by atoms with Gasteiger partial charge in [-0.15, -0.1) is 0 Å². The Kier molecular flexibility index (Phi) is 3.42. The van der Waals surface area contributed by atoms with Crippen molar-refractivity contribution in [2.45, 2.75) is 0 Å². The van der Waals surface area contributed by atoms with E-state index in [1.54, 1.807) is 0 Å². The molecule has 1 atom stereocenters. The van der Waals surface area contributed by atoms with E-state index in [4.69, 9.17) is 0 Å². The van der Waals surface area contributed by atoms with Crippen LogP contribution in [-0.4, -0.2) is 18.0 Å². The Morgan fingerprint density at radius 2 is 1.33 bits per heavy atom. The average molecular weight is 331 g/mol. The van der Waals surface area contributed by atoms with Crippen LogP contribution in [-0.2, 0) is 0 Å². The Hall–Kier alpha value is -2.29. The Morgan fingerprint density at radius 3 is 2.10 bits per heavy atom. The molecule has 0 aliphatic carbocycles. The molecule has 0 saturated heterocycles. The maximum absolute atomic E-state index is 9.36. The van der Waals surface area contributed by atoms with Gasteiger partial charge >= 0.3 is 18.0 Å². The summed E-state index contributed by atoms with van der Waals surface area (Å²) in [6.45, 7) is 0. The van der Waals surface area contributed by atoms with Gasteiger partial charge in [0.1, 0.15) is 0 Å². The molecule has 0 aliphatic heterocycles. The van der Waals surface area contributed by atoms with Gasteiger partial charge in [0.15, 0.2) is 0 Å². The monoisotopic (exact) mass is 331 g/mol. The molecule has 0 radical (unpaired) electrons. The second-order valence-electron chi connectivity index (χ2n) is 5.00. The Balaban J connectivity index is 0.00000132. The van der Waals surface area contributed by atoms with Crippen LogP contribution in [0, 0.1) is 11.3 Å². The Morgan fingerprint density at radius 1 is 0.667 bits per heavy atom. The van der Waals surface area contributed by atoms with Gasteiger partial charge in [-0.05, 0) is 45.1 Å². The zero-order valence-electron chi connectivity index (χ0n) is 11.5. The first kappa shape index (κ1) is 13.7. The molecule has 0 heterocycles. The molecule has 2 heteroatoms. The molecule has 100 valence electrons. The summed E-state index contributed by atoms with van der Waals surface area (Å²) in [5.41, 5.74) is 0.739. The van der Waals surface area contributed by atoms with Gasteiger partial charge in [0.2, 0.25) is 0 Å². The summed E-state index contributed by atoms with van der Waals surface area (Å²) in [7, 11) is 0. The third-order valence-electron chi connectivity index (χ3n) is 3.85. The molecule has 1 unspecified atom stereocenters. The van der Waals surface area contributed by atoms with Crippen LogP contribution in [0.1, 0.15) is 5.56 Å². The number of hydrogen-bond acceptors (Lipinski definition) is 1. The van der Waals surface area contributed by atoms with Crippen molar-refractivity contribution < 1.29 is 0 Å². The number of benzene rings is 4. The minimum absolute atomic E-state index is 0. The summed E-state index contributed by atoms with van der Waals surface area (Å²) >= 11 is 0. The van der Waals surface area contributed by atoms with Crippen LogP contribution >= 0.6 is 0 Å². The van der Waals surface area contributed by atoms with Crippen molar-refractivity contribution in [3.8, 4) is 6.07 Å². The molecule has 4 aromatic carbocycles. The zero-order chi connectivity index (χ0) is 13.5. The molecule has 0 aliphatic rings. The molecular formula is C19H14AsN. The van der Waals surface area contributed by atoms with Gasteiger partial charge < -0.3 is 0 Å².